The van der Waals surface area contributed by atoms with Gasteiger partial charge in [0.25, 0.3) is 0 Å². The highest BCUT2D eigenvalue weighted by atomic mass is 16.6. The normalized spacial score (nSPS) is 49.7. The van der Waals surface area contributed by atoms with E-state index in [0.717, 1.165) is 12.3 Å². The van der Waals surface area contributed by atoms with Gasteiger partial charge in [-0.15, -0.1) is 0 Å². The molecular formula is C7H12O2. The van der Waals surface area contributed by atoms with Gasteiger partial charge in [-0.05, 0) is 25.2 Å². The maximum absolute atomic E-state index is 9.07. The minimum absolute atomic E-state index is 0.388. The van der Waals surface area contributed by atoms with Gasteiger partial charge in [0.2, 0.25) is 0 Å². The van der Waals surface area contributed by atoms with Gasteiger partial charge in [-0.2, -0.15) is 0 Å². The van der Waals surface area contributed by atoms with Crippen LogP contribution in [-0.2, 0) is 4.74 Å². The summed E-state index contributed by atoms with van der Waals surface area (Å²) in [5.74, 6) is 0.763. The molecule has 3 atom stereocenters. The zero-order valence-corrected chi connectivity index (χ0v) is 5.42. The van der Waals surface area contributed by atoms with Crippen molar-refractivity contribution in [3.63, 3.8) is 0 Å². The van der Waals surface area contributed by atoms with Crippen LogP contribution >= 0.6 is 0 Å². The Kier molecular flexibility index (Phi) is 1.24. The Bertz CT molecular complexity index is 101. The summed E-state index contributed by atoms with van der Waals surface area (Å²) in [5.41, 5.74) is 0. The molecule has 2 heteroatoms. The van der Waals surface area contributed by atoms with Gasteiger partial charge in [-0.25, -0.2) is 0 Å². The third kappa shape index (κ3) is 0.970. The van der Waals surface area contributed by atoms with Crippen molar-refractivity contribution in [2.24, 2.45) is 5.92 Å². The Balaban J connectivity index is 2.03. The fraction of sp³-hybridized carbons (Fsp3) is 1.00. The standard InChI is InChI=1S/C7H12O2/c8-7-4-5-1-2-6(3-5)9-7/h5-8H,1-4H2. The van der Waals surface area contributed by atoms with E-state index in [1.54, 1.807) is 0 Å². The van der Waals surface area contributed by atoms with Crippen molar-refractivity contribution in [1.29, 1.82) is 0 Å². The second-order valence-electron chi connectivity index (χ2n) is 3.13. The molecule has 0 aromatic heterocycles. The number of ether oxygens (including phenoxy) is 1. The van der Waals surface area contributed by atoms with E-state index in [-0.39, 0.29) is 0 Å². The Labute approximate surface area is 54.8 Å². The van der Waals surface area contributed by atoms with Crippen LogP contribution in [0.25, 0.3) is 0 Å². The van der Waals surface area contributed by atoms with Crippen LogP contribution < -0.4 is 0 Å². The minimum atomic E-state index is -0.448. The van der Waals surface area contributed by atoms with E-state index < -0.39 is 6.29 Å². The summed E-state index contributed by atoms with van der Waals surface area (Å²) in [7, 11) is 0. The number of aliphatic hydroxyl groups is 1. The second-order valence-corrected chi connectivity index (χ2v) is 3.13. The van der Waals surface area contributed by atoms with Crippen LogP contribution in [0.1, 0.15) is 25.7 Å². The predicted octanol–water partition coefficient (Wildman–Crippen LogP) is 0.894. The van der Waals surface area contributed by atoms with E-state index in [4.69, 9.17) is 9.84 Å². The first-order chi connectivity index (χ1) is 4.34. The molecule has 2 rings (SSSR count). The van der Waals surface area contributed by atoms with Gasteiger partial charge in [0.15, 0.2) is 6.29 Å². The Morgan fingerprint density at radius 2 is 2.11 bits per heavy atom. The third-order valence-corrected chi connectivity index (χ3v) is 2.38. The zero-order valence-electron chi connectivity index (χ0n) is 5.42. The molecule has 3 unspecified atom stereocenters. The maximum atomic E-state index is 9.07. The molecule has 0 spiro atoms. The molecule has 0 radical (unpaired) electrons. The van der Waals surface area contributed by atoms with E-state index in [1.165, 1.54) is 19.3 Å². The van der Waals surface area contributed by atoms with Crippen molar-refractivity contribution in [1.82, 2.24) is 0 Å². The number of aliphatic hydroxyl groups excluding tert-OH is 1. The van der Waals surface area contributed by atoms with Crippen molar-refractivity contribution in [3.8, 4) is 0 Å². The highest BCUT2D eigenvalue weighted by molar-refractivity contribution is 4.80. The summed E-state index contributed by atoms with van der Waals surface area (Å²) in [6, 6.07) is 0. The number of hydrogen-bond acceptors (Lipinski definition) is 2. The van der Waals surface area contributed by atoms with Crippen molar-refractivity contribution in [2.45, 2.75) is 38.1 Å². The number of hydrogen-bond donors (Lipinski definition) is 1. The lowest BCUT2D eigenvalue weighted by atomic mass is 10.0. The maximum Gasteiger partial charge on any atom is 0.155 e. The lowest BCUT2D eigenvalue weighted by Gasteiger charge is -2.23. The molecular weight excluding hydrogens is 116 g/mol. The van der Waals surface area contributed by atoms with Gasteiger partial charge in [0.1, 0.15) is 0 Å². The topological polar surface area (TPSA) is 29.5 Å². The Morgan fingerprint density at radius 1 is 1.22 bits per heavy atom. The van der Waals surface area contributed by atoms with Gasteiger partial charge < -0.3 is 9.84 Å². The first kappa shape index (κ1) is 5.69. The summed E-state index contributed by atoms with van der Waals surface area (Å²) in [4.78, 5) is 0. The van der Waals surface area contributed by atoms with E-state index in [1.807, 2.05) is 0 Å². The van der Waals surface area contributed by atoms with Gasteiger partial charge in [-0.3, -0.25) is 0 Å². The third-order valence-electron chi connectivity index (χ3n) is 2.38. The van der Waals surface area contributed by atoms with Gasteiger partial charge in [-0.1, -0.05) is 0 Å². The van der Waals surface area contributed by atoms with E-state index in [9.17, 15) is 0 Å². The van der Waals surface area contributed by atoms with Crippen LogP contribution in [0.15, 0.2) is 0 Å². The van der Waals surface area contributed by atoms with Crippen molar-refractivity contribution in [3.05, 3.63) is 0 Å². The average Bonchev–Trinajstić information content (AvgIpc) is 2.11. The van der Waals surface area contributed by atoms with E-state index in [0.29, 0.717) is 6.10 Å². The SMILES string of the molecule is OC1CC2CCC(C2)O1. The molecule has 1 heterocycles. The summed E-state index contributed by atoms with van der Waals surface area (Å²) in [6.07, 6.45) is 4.44. The van der Waals surface area contributed by atoms with Crippen molar-refractivity contribution >= 4 is 0 Å². The van der Waals surface area contributed by atoms with Gasteiger partial charge >= 0.3 is 0 Å². The largest absolute Gasteiger partial charge is 0.368 e. The van der Waals surface area contributed by atoms with Crippen LogP contribution in [0.3, 0.4) is 0 Å². The van der Waals surface area contributed by atoms with Crippen LogP contribution in [0, 0.1) is 5.92 Å². The molecule has 9 heavy (non-hydrogen) atoms. The second kappa shape index (κ2) is 1.96. The first-order valence-electron chi connectivity index (χ1n) is 3.68. The number of rotatable bonds is 0. The molecule has 1 saturated heterocycles. The molecule has 1 N–H and O–H groups in total. The molecule has 2 aliphatic rings. The zero-order chi connectivity index (χ0) is 6.27. The minimum Gasteiger partial charge on any atom is -0.368 e. The van der Waals surface area contributed by atoms with E-state index >= 15 is 0 Å². The smallest absolute Gasteiger partial charge is 0.155 e. The molecule has 0 aromatic carbocycles. The first-order valence-corrected chi connectivity index (χ1v) is 3.68. The molecule has 1 saturated carbocycles. The van der Waals surface area contributed by atoms with Crippen LogP contribution in [-0.4, -0.2) is 17.5 Å². The van der Waals surface area contributed by atoms with Gasteiger partial charge in [0.05, 0.1) is 6.10 Å². The molecule has 1 aliphatic heterocycles. The Morgan fingerprint density at radius 3 is 2.89 bits per heavy atom. The fourth-order valence-electron chi connectivity index (χ4n) is 1.93. The molecule has 1 aliphatic carbocycles. The molecule has 0 amide bonds. The molecule has 2 fully saturated rings. The summed E-state index contributed by atoms with van der Waals surface area (Å²) in [6.45, 7) is 0. The lowest BCUT2D eigenvalue weighted by molar-refractivity contribution is -0.158. The number of fused-ring (bicyclic) bond motifs is 2. The lowest BCUT2D eigenvalue weighted by Crippen LogP contribution is -2.26. The Hall–Kier alpha value is -0.0800. The monoisotopic (exact) mass is 128 g/mol. The average molecular weight is 128 g/mol. The summed E-state index contributed by atoms with van der Waals surface area (Å²) < 4.78 is 5.23. The van der Waals surface area contributed by atoms with Crippen LogP contribution in [0.4, 0.5) is 0 Å². The van der Waals surface area contributed by atoms with E-state index in [2.05, 4.69) is 0 Å². The summed E-state index contributed by atoms with van der Waals surface area (Å²) >= 11 is 0. The highest BCUT2D eigenvalue weighted by Crippen LogP contribution is 2.36. The predicted molar refractivity (Wildman–Crippen MR) is 32.8 cm³/mol. The van der Waals surface area contributed by atoms with Crippen LogP contribution in [0.5, 0.6) is 0 Å². The molecule has 2 bridgehead atoms. The van der Waals surface area contributed by atoms with Crippen molar-refractivity contribution in [2.75, 3.05) is 0 Å². The summed E-state index contributed by atoms with van der Waals surface area (Å²) in [5, 5.41) is 9.07. The molecule has 0 aromatic rings. The molecule has 2 nitrogen and oxygen atoms in total. The molecule has 52 valence electrons. The van der Waals surface area contributed by atoms with Crippen molar-refractivity contribution < 1.29 is 9.84 Å². The van der Waals surface area contributed by atoms with Gasteiger partial charge in [0, 0.05) is 6.42 Å². The quantitative estimate of drug-likeness (QED) is 0.525. The van der Waals surface area contributed by atoms with Crippen LogP contribution in [0.2, 0.25) is 0 Å². The fourth-order valence-corrected chi connectivity index (χ4v) is 1.93. The highest BCUT2D eigenvalue weighted by Gasteiger charge is 2.33.